The van der Waals surface area contributed by atoms with E-state index in [4.69, 9.17) is 6.58 Å². The van der Waals surface area contributed by atoms with Gasteiger partial charge in [-0.05, 0) is 7.05 Å². The van der Waals surface area contributed by atoms with Crippen LogP contribution < -0.4 is 5.32 Å². The summed E-state index contributed by atoms with van der Waals surface area (Å²) in [7, 11) is 1.85. The lowest BCUT2D eigenvalue weighted by Crippen LogP contribution is -2.02. The van der Waals surface area contributed by atoms with Crippen LogP contribution in [-0.4, -0.2) is 13.6 Å². The molecule has 1 radical (unpaired) electrons. The van der Waals surface area contributed by atoms with Crippen molar-refractivity contribution in [1.82, 2.24) is 5.32 Å². The van der Waals surface area contributed by atoms with Gasteiger partial charge in [0.05, 0.1) is 0 Å². The Labute approximate surface area is 32.7 Å². The molecule has 1 heteroatoms. The molecule has 0 unspecified atom stereocenters. The van der Waals surface area contributed by atoms with E-state index in [0.717, 1.165) is 6.54 Å². The average Bonchev–Trinajstić information content (AvgIpc) is 1.41. The van der Waals surface area contributed by atoms with E-state index in [1.807, 2.05) is 7.05 Å². The zero-order chi connectivity index (χ0) is 4.12. The first-order valence-corrected chi connectivity index (χ1v) is 1.60. The van der Waals surface area contributed by atoms with E-state index in [2.05, 4.69) is 5.32 Å². The van der Waals surface area contributed by atoms with E-state index in [-0.39, 0.29) is 0 Å². The topological polar surface area (TPSA) is 12.0 Å². The molecule has 5 heavy (non-hydrogen) atoms. The smallest absolute Gasteiger partial charge is 0.0134 e. The molecule has 0 aliphatic heterocycles. The molecule has 0 saturated carbocycles. The highest BCUT2D eigenvalue weighted by atomic mass is 14.8. The minimum absolute atomic E-state index is 0.792. The monoisotopic (exact) mass is 70.1 g/mol. The average molecular weight is 70.1 g/mol. The quantitative estimate of drug-likeness (QED) is 0.489. The molecule has 0 heterocycles. The second kappa shape index (κ2) is 3.70. The van der Waals surface area contributed by atoms with E-state index in [1.54, 1.807) is 6.08 Å². The molecule has 0 aromatic carbocycles. The fourth-order valence-electron chi connectivity index (χ4n) is 0.118. The van der Waals surface area contributed by atoms with Gasteiger partial charge in [-0.15, -0.1) is 0 Å². The van der Waals surface area contributed by atoms with Crippen LogP contribution in [0.3, 0.4) is 0 Å². The number of hydrogen-bond acceptors (Lipinski definition) is 1. The molecule has 1 N–H and O–H groups in total. The Bertz CT molecular complexity index is 24.8. The van der Waals surface area contributed by atoms with Gasteiger partial charge in [0.2, 0.25) is 0 Å². The lowest BCUT2D eigenvalue weighted by atomic mass is 10.6. The van der Waals surface area contributed by atoms with E-state index in [1.165, 1.54) is 0 Å². The van der Waals surface area contributed by atoms with Crippen molar-refractivity contribution in [3.05, 3.63) is 12.7 Å². The molecule has 0 fully saturated rings. The summed E-state index contributed by atoms with van der Waals surface area (Å²) in [6.45, 7) is 5.74. The van der Waals surface area contributed by atoms with Gasteiger partial charge in [0.25, 0.3) is 0 Å². The van der Waals surface area contributed by atoms with Crippen molar-refractivity contribution in [1.29, 1.82) is 0 Å². The molecule has 0 bridgehead atoms. The van der Waals surface area contributed by atoms with Crippen molar-refractivity contribution in [3.8, 4) is 0 Å². The first-order chi connectivity index (χ1) is 2.41. The molecule has 0 amide bonds. The standard InChI is InChI=1S/C4H8N/c1-3-4-5-2/h1,3,5H,4H2,2H3. The molecule has 0 spiro atoms. The molecule has 1 nitrogen and oxygen atoms in total. The summed E-state index contributed by atoms with van der Waals surface area (Å²) < 4.78 is 0. The molecule has 29 valence electrons. The second-order valence-corrected chi connectivity index (χ2v) is 0.793. The zero-order valence-electron chi connectivity index (χ0n) is 3.36. The summed E-state index contributed by atoms with van der Waals surface area (Å²) in [5, 5.41) is 2.84. The van der Waals surface area contributed by atoms with Gasteiger partial charge in [0.1, 0.15) is 0 Å². The third-order valence-corrected chi connectivity index (χ3v) is 0.322. The number of likely N-dealkylation sites (N-methyl/N-ethyl adjacent to an activating group) is 1. The van der Waals surface area contributed by atoms with Crippen molar-refractivity contribution < 1.29 is 0 Å². The maximum atomic E-state index is 4.95. The zero-order valence-corrected chi connectivity index (χ0v) is 3.36. The normalized spacial score (nSPS) is 7.40. The van der Waals surface area contributed by atoms with Gasteiger partial charge in [-0.2, -0.15) is 0 Å². The Morgan fingerprint density at radius 3 is 2.60 bits per heavy atom. The minimum Gasteiger partial charge on any atom is -0.316 e. The summed E-state index contributed by atoms with van der Waals surface area (Å²) in [4.78, 5) is 0. The third-order valence-electron chi connectivity index (χ3n) is 0.322. The minimum atomic E-state index is 0.792. The molecule has 0 aliphatic rings. The summed E-state index contributed by atoms with van der Waals surface area (Å²) in [6.07, 6.45) is 1.57. The highest BCUT2D eigenvalue weighted by Crippen LogP contribution is 1.47. The largest absolute Gasteiger partial charge is 0.316 e. The Morgan fingerprint density at radius 2 is 2.60 bits per heavy atom. The molecule has 0 aromatic heterocycles. The van der Waals surface area contributed by atoms with Gasteiger partial charge in [-0.3, -0.25) is 0 Å². The molecule has 0 aromatic rings. The predicted octanol–water partition coefficient (Wildman–Crippen LogP) is 0.195. The fourth-order valence-corrected chi connectivity index (χ4v) is 0.118. The first kappa shape index (κ1) is 4.70. The summed E-state index contributed by atoms with van der Waals surface area (Å²) in [6, 6.07) is 0. The maximum absolute atomic E-state index is 4.95. The van der Waals surface area contributed by atoms with Crippen LogP contribution in [0, 0.1) is 6.58 Å². The van der Waals surface area contributed by atoms with E-state index >= 15 is 0 Å². The van der Waals surface area contributed by atoms with Gasteiger partial charge in [0, 0.05) is 6.54 Å². The van der Waals surface area contributed by atoms with Gasteiger partial charge >= 0.3 is 0 Å². The Hall–Kier alpha value is -0.300. The Balaban J connectivity index is 2.40. The predicted molar refractivity (Wildman–Crippen MR) is 22.8 cm³/mol. The van der Waals surface area contributed by atoms with Gasteiger partial charge in [-0.1, -0.05) is 12.7 Å². The van der Waals surface area contributed by atoms with Crippen molar-refractivity contribution in [2.24, 2.45) is 0 Å². The van der Waals surface area contributed by atoms with Crippen LogP contribution in [0.4, 0.5) is 0 Å². The SMILES string of the molecule is [CH]=CCNC. The second-order valence-electron chi connectivity index (χ2n) is 0.793. The number of hydrogen-bond donors (Lipinski definition) is 1. The number of rotatable bonds is 2. The fraction of sp³-hybridized carbons (Fsp3) is 0.500. The molecule has 0 atom stereocenters. The van der Waals surface area contributed by atoms with Crippen molar-refractivity contribution >= 4 is 0 Å². The van der Waals surface area contributed by atoms with E-state index in [9.17, 15) is 0 Å². The molecule has 0 aliphatic carbocycles. The summed E-state index contributed by atoms with van der Waals surface area (Å²) in [5.74, 6) is 0. The van der Waals surface area contributed by atoms with Crippen LogP contribution in [0.15, 0.2) is 6.08 Å². The van der Waals surface area contributed by atoms with Crippen LogP contribution in [-0.2, 0) is 0 Å². The molecule has 0 rings (SSSR count). The van der Waals surface area contributed by atoms with Crippen LogP contribution >= 0.6 is 0 Å². The first-order valence-electron chi connectivity index (χ1n) is 1.60. The molecular formula is C4H8N. The highest BCUT2D eigenvalue weighted by Gasteiger charge is 1.57. The molecule has 0 saturated heterocycles. The summed E-state index contributed by atoms with van der Waals surface area (Å²) in [5.41, 5.74) is 0. The van der Waals surface area contributed by atoms with Crippen molar-refractivity contribution in [2.45, 2.75) is 0 Å². The van der Waals surface area contributed by atoms with Crippen LogP contribution in [0.2, 0.25) is 0 Å². The van der Waals surface area contributed by atoms with Gasteiger partial charge < -0.3 is 5.32 Å². The summed E-state index contributed by atoms with van der Waals surface area (Å²) >= 11 is 0. The lowest BCUT2D eigenvalue weighted by Gasteiger charge is -1.79. The lowest BCUT2D eigenvalue weighted by molar-refractivity contribution is 0.920. The maximum Gasteiger partial charge on any atom is 0.0134 e. The van der Waals surface area contributed by atoms with Crippen molar-refractivity contribution in [2.75, 3.05) is 13.6 Å². The third kappa shape index (κ3) is 3.70. The Morgan fingerprint density at radius 1 is 2.00 bits per heavy atom. The Kier molecular flexibility index (Phi) is 3.48. The number of nitrogens with one attached hydrogen (secondary N) is 1. The molecular weight excluding hydrogens is 62.1 g/mol. The van der Waals surface area contributed by atoms with Crippen molar-refractivity contribution in [3.63, 3.8) is 0 Å². The van der Waals surface area contributed by atoms with Crippen LogP contribution in [0.25, 0.3) is 0 Å². The van der Waals surface area contributed by atoms with E-state index in [0.29, 0.717) is 0 Å². The van der Waals surface area contributed by atoms with Crippen LogP contribution in [0.1, 0.15) is 0 Å². The van der Waals surface area contributed by atoms with Gasteiger partial charge in [-0.25, -0.2) is 0 Å². The van der Waals surface area contributed by atoms with E-state index < -0.39 is 0 Å². The van der Waals surface area contributed by atoms with Gasteiger partial charge in [0.15, 0.2) is 0 Å². The highest BCUT2D eigenvalue weighted by molar-refractivity contribution is 4.62. The van der Waals surface area contributed by atoms with Crippen LogP contribution in [0.5, 0.6) is 0 Å².